The van der Waals surface area contributed by atoms with Crippen LogP contribution in [-0.2, 0) is 23.8 Å². The van der Waals surface area contributed by atoms with Crippen LogP contribution in [0, 0.1) is 0 Å². The van der Waals surface area contributed by atoms with Crippen molar-refractivity contribution >= 4 is 23.5 Å². The summed E-state index contributed by atoms with van der Waals surface area (Å²) in [6.07, 6.45) is 0. The van der Waals surface area contributed by atoms with Crippen molar-refractivity contribution in [3.63, 3.8) is 0 Å². The molecule has 0 saturated heterocycles. The van der Waals surface area contributed by atoms with Gasteiger partial charge in [-0.05, 0) is 0 Å². The summed E-state index contributed by atoms with van der Waals surface area (Å²) in [5.41, 5.74) is 0. The standard InChI is InChI=1S/C4H8O3.C3H5ClO2.CH4O.2CH4/c1-6-3-4(5)7-2;1-6-3(5)2-4;1-2;;/h3H2,1-2H3;2H2,1H3;2H,1H3;2*1H4. The second-order valence-electron chi connectivity index (χ2n) is 1.72. The largest absolute Gasteiger partial charge is 0.468 e. The van der Waals surface area contributed by atoms with Crippen LogP contribution < -0.4 is 0 Å². The molecule has 7 heteroatoms. The lowest BCUT2D eigenvalue weighted by Crippen LogP contribution is -2.07. The molecule has 0 bridgehead atoms. The van der Waals surface area contributed by atoms with Gasteiger partial charge in [-0.25, -0.2) is 4.79 Å². The summed E-state index contributed by atoms with van der Waals surface area (Å²) in [6.45, 7) is 0.0382. The molecule has 17 heavy (non-hydrogen) atoms. The van der Waals surface area contributed by atoms with Crippen LogP contribution in [0.2, 0.25) is 0 Å². The van der Waals surface area contributed by atoms with E-state index in [1.165, 1.54) is 21.3 Å². The number of alkyl halides is 1. The Hall–Kier alpha value is -0.850. The quantitative estimate of drug-likeness (QED) is 0.614. The Morgan fingerprint density at radius 1 is 1.00 bits per heavy atom. The van der Waals surface area contributed by atoms with Gasteiger partial charge in [-0.3, -0.25) is 4.79 Å². The minimum absolute atomic E-state index is 0. The highest BCUT2D eigenvalue weighted by molar-refractivity contribution is 6.26. The number of ether oxygens (including phenoxy) is 3. The van der Waals surface area contributed by atoms with E-state index in [0.29, 0.717) is 0 Å². The number of esters is 2. The maximum atomic E-state index is 10.1. The minimum Gasteiger partial charge on any atom is -0.468 e. The molecule has 0 aliphatic rings. The maximum absolute atomic E-state index is 10.1. The Morgan fingerprint density at radius 3 is 1.41 bits per heavy atom. The summed E-state index contributed by atoms with van der Waals surface area (Å²) in [5, 5.41) is 7.00. The van der Waals surface area contributed by atoms with Crippen LogP contribution >= 0.6 is 11.6 Å². The highest BCUT2D eigenvalue weighted by Crippen LogP contribution is 1.75. The van der Waals surface area contributed by atoms with Crippen molar-refractivity contribution in [3.8, 4) is 0 Å². The minimum atomic E-state index is -0.392. The van der Waals surface area contributed by atoms with Gasteiger partial charge in [0, 0.05) is 14.2 Å². The van der Waals surface area contributed by atoms with Crippen LogP contribution in [-0.4, -0.2) is 58.0 Å². The first-order valence-electron chi connectivity index (χ1n) is 3.75. The van der Waals surface area contributed by atoms with Crippen LogP contribution in [0.3, 0.4) is 0 Å². The number of hydrogen-bond acceptors (Lipinski definition) is 6. The molecule has 108 valence electrons. The smallest absolute Gasteiger partial charge is 0.331 e. The molecular weight excluding hydrogens is 252 g/mol. The summed E-state index contributed by atoms with van der Waals surface area (Å²) >= 11 is 4.98. The number of methoxy groups -OCH3 is 3. The molecule has 0 aromatic carbocycles. The molecule has 0 heterocycles. The second kappa shape index (κ2) is 29.4. The van der Waals surface area contributed by atoms with Crippen molar-refractivity contribution in [2.45, 2.75) is 14.9 Å². The summed E-state index contributed by atoms with van der Waals surface area (Å²) in [7, 11) is 5.06. The number of rotatable bonds is 3. The molecule has 0 atom stereocenters. The number of carbonyl (C=O) groups excluding carboxylic acids is 2. The molecule has 1 N–H and O–H groups in total. The van der Waals surface area contributed by atoms with Crippen LogP contribution in [0.5, 0.6) is 0 Å². The Labute approximate surface area is 109 Å². The van der Waals surface area contributed by atoms with E-state index in [-0.39, 0.29) is 33.3 Å². The summed E-state index contributed by atoms with van der Waals surface area (Å²) in [5.74, 6) is -0.796. The number of hydrogen-bond donors (Lipinski definition) is 1. The first kappa shape index (κ1) is 29.8. The third kappa shape index (κ3) is 39.4. The van der Waals surface area contributed by atoms with Gasteiger partial charge in [0.25, 0.3) is 0 Å². The van der Waals surface area contributed by atoms with Gasteiger partial charge >= 0.3 is 11.9 Å². The Morgan fingerprint density at radius 2 is 1.35 bits per heavy atom. The van der Waals surface area contributed by atoms with E-state index in [4.69, 9.17) is 16.7 Å². The normalized spacial score (nSPS) is 6.47. The summed E-state index contributed by atoms with van der Waals surface area (Å²) in [4.78, 5) is 19.9. The van der Waals surface area contributed by atoms with Crippen molar-refractivity contribution in [1.82, 2.24) is 0 Å². The van der Waals surface area contributed by atoms with E-state index in [2.05, 4.69) is 14.2 Å². The Bertz CT molecular complexity index is 146. The molecular formula is C10H25ClO6. The van der Waals surface area contributed by atoms with E-state index in [1.807, 2.05) is 0 Å². The average Bonchev–Trinajstić information content (AvgIpc) is 2.31. The van der Waals surface area contributed by atoms with Gasteiger partial charge in [0.1, 0.15) is 12.5 Å². The fourth-order valence-electron chi connectivity index (χ4n) is 0.231. The van der Waals surface area contributed by atoms with E-state index < -0.39 is 5.97 Å². The highest BCUT2D eigenvalue weighted by Gasteiger charge is 1.93. The molecule has 0 aliphatic carbocycles. The molecule has 0 aliphatic heterocycles. The monoisotopic (exact) mass is 276 g/mol. The van der Waals surface area contributed by atoms with Gasteiger partial charge in [-0.15, -0.1) is 11.6 Å². The van der Waals surface area contributed by atoms with Crippen molar-refractivity contribution in [1.29, 1.82) is 0 Å². The van der Waals surface area contributed by atoms with E-state index >= 15 is 0 Å². The van der Waals surface area contributed by atoms with E-state index in [9.17, 15) is 9.59 Å². The molecule has 0 rings (SSSR count). The van der Waals surface area contributed by atoms with Gasteiger partial charge in [-0.2, -0.15) is 0 Å². The van der Waals surface area contributed by atoms with Crippen LogP contribution in [0.4, 0.5) is 0 Å². The molecule has 0 fully saturated rings. The number of halogens is 1. The molecule has 6 nitrogen and oxygen atoms in total. The zero-order valence-corrected chi connectivity index (χ0v) is 10.0. The lowest BCUT2D eigenvalue weighted by molar-refractivity contribution is -0.144. The molecule has 0 amide bonds. The van der Waals surface area contributed by atoms with Gasteiger partial charge in [0.2, 0.25) is 0 Å². The van der Waals surface area contributed by atoms with Crippen molar-refractivity contribution in [2.24, 2.45) is 0 Å². The molecule has 0 unspecified atom stereocenters. The lowest BCUT2D eigenvalue weighted by atomic mass is 10.7. The first-order valence-corrected chi connectivity index (χ1v) is 4.29. The second-order valence-corrected chi connectivity index (χ2v) is 1.99. The SMILES string of the molecule is C.C.CO.COC(=O)CCl.COCC(=O)OC. The number of carbonyl (C=O) groups is 2. The topological polar surface area (TPSA) is 82.1 Å². The van der Waals surface area contributed by atoms with Gasteiger partial charge in [0.15, 0.2) is 0 Å². The Balaban J connectivity index is -0.0000000448. The zero-order valence-electron chi connectivity index (χ0n) is 9.28. The van der Waals surface area contributed by atoms with Crippen LogP contribution in [0.25, 0.3) is 0 Å². The molecule has 0 aromatic rings. The average molecular weight is 277 g/mol. The van der Waals surface area contributed by atoms with E-state index in [1.54, 1.807) is 0 Å². The molecule has 0 radical (unpaired) electrons. The van der Waals surface area contributed by atoms with Crippen molar-refractivity contribution < 1.29 is 28.9 Å². The lowest BCUT2D eigenvalue weighted by Gasteiger charge is -1.92. The van der Waals surface area contributed by atoms with Crippen molar-refractivity contribution in [2.75, 3.05) is 40.9 Å². The molecule has 0 aromatic heterocycles. The molecule has 0 spiro atoms. The number of aliphatic hydroxyl groups excluding tert-OH is 1. The van der Waals surface area contributed by atoms with Gasteiger partial charge in [0.05, 0.1) is 14.2 Å². The Kier molecular flexibility index (Phi) is 51.6. The molecule has 0 saturated carbocycles. The first-order chi connectivity index (χ1) is 7.12. The summed E-state index contributed by atoms with van der Waals surface area (Å²) < 4.78 is 12.8. The van der Waals surface area contributed by atoms with Crippen LogP contribution in [0.1, 0.15) is 14.9 Å². The third-order valence-corrected chi connectivity index (χ3v) is 1.04. The number of aliphatic hydroxyl groups is 1. The highest BCUT2D eigenvalue weighted by atomic mass is 35.5. The summed E-state index contributed by atoms with van der Waals surface area (Å²) in [6, 6.07) is 0. The zero-order chi connectivity index (χ0) is 12.7. The van der Waals surface area contributed by atoms with Gasteiger partial charge in [-0.1, -0.05) is 14.9 Å². The predicted molar refractivity (Wildman–Crippen MR) is 68.2 cm³/mol. The third-order valence-electron chi connectivity index (χ3n) is 0.827. The van der Waals surface area contributed by atoms with E-state index in [0.717, 1.165) is 7.11 Å². The fraction of sp³-hybridized carbons (Fsp3) is 0.800. The fourth-order valence-corrected chi connectivity index (χ4v) is 0.340. The van der Waals surface area contributed by atoms with Crippen LogP contribution in [0.15, 0.2) is 0 Å². The maximum Gasteiger partial charge on any atom is 0.331 e. The van der Waals surface area contributed by atoms with Crippen molar-refractivity contribution in [3.05, 3.63) is 0 Å². The predicted octanol–water partition coefficient (Wildman–Crippen LogP) is 1.08. The van der Waals surface area contributed by atoms with Gasteiger partial charge < -0.3 is 19.3 Å².